The van der Waals surface area contributed by atoms with E-state index in [4.69, 9.17) is 33.5 Å². The molecule has 1 aliphatic rings. The number of carbonyl (C=O) groups is 2. The van der Waals surface area contributed by atoms with Gasteiger partial charge < -0.3 is 50.4 Å². The number of esters is 1. The molecule has 1 aliphatic heterocycles. The zero-order valence-electron chi connectivity index (χ0n) is 26.7. The Morgan fingerprint density at radius 1 is 0.864 bits per heavy atom. The standard InChI is InChI=1S/C33H45NO9.ClH/c1-34(15-11-17-43-32(37)13-10-8-7-9-12-31(35)36)16-14-24-21-27(38-2)28(39-3)22-25(24)26(34)18-23-19-29(40-4)33(42-6)30(20-23)41-5;/h7-8,19-22,26H,9-18H2,1-6H3;1H/b8-7+;/t26-,34?;/m1./s1. The van der Waals surface area contributed by atoms with Crippen molar-refractivity contribution in [3.05, 3.63) is 53.1 Å². The van der Waals surface area contributed by atoms with Gasteiger partial charge in [0.1, 0.15) is 6.04 Å². The Kier molecular flexibility index (Phi) is 14.6. The van der Waals surface area contributed by atoms with Gasteiger partial charge in [0.25, 0.3) is 0 Å². The fourth-order valence-electron chi connectivity index (χ4n) is 5.73. The number of nitrogens with zero attached hydrogens (tertiary/aromatic N) is 1. The van der Waals surface area contributed by atoms with Crippen LogP contribution < -0.4 is 36.1 Å². The molecule has 0 saturated carbocycles. The van der Waals surface area contributed by atoms with Gasteiger partial charge in [-0.25, -0.2) is 0 Å². The predicted octanol–water partition coefficient (Wildman–Crippen LogP) is 2.15. The second-order valence-electron chi connectivity index (χ2n) is 10.9. The van der Waals surface area contributed by atoms with Gasteiger partial charge in [-0.3, -0.25) is 9.59 Å². The summed E-state index contributed by atoms with van der Waals surface area (Å²) >= 11 is 0. The molecule has 0 saturated heterocycles. The summed E-state index contributed by atoms with van der Waals surface area (Å²) < 4.78 is 34.4. The maximum absolute atomic E-state index is 12.3. The molecule has 0 aliphatic carbocycles. The van der Waals surface area contributed by atoms with E-state index in [1.54, 1.807) is 41.6 Å². The molecule has 0 fully saturated rings. The van der Waals surface area contributed by atoms with Crippen LogP contribution in [0.3, 0.4) is 0 Å². The molecule has 3 rings (SSSR count). The lowest BCUT2D eigenvalue weighted by molar-refractivity contribution is -0.941. The molecule has 44 heavy (non-hydrogen) atoms. The molecule has 11 heteroatoms. The van der Waals surface area contributed by atoms with Crippen molar-refractivity contribution >= 4 is 11.9 Å². The van der Waals surface area contributed by atoms with E-state index in [9.17, 15) is 9.59 Å². The lowest BCUT2D eigenvalue weighted by atomic mass is 9.86. The Bertz CT molecular complexity index is 1260. The van der Waals surface area contributed by atoms with Gasteiger partial charge in [0.2, 0.25) is 5.75 Å². The number of halogens is 1. The summed E-state index contributed by atoms with van der Waals surface area (Å²) in [5.41, 5.74) is 3.48. The first kappa shape index (κ1) is 36.6. The van der Waals surface area contributed by atoms with Crippen molar-refractivity contribution in [3.8, 4) is 28.7 Å². The monoisotopic (exact) mass is 635 g/mol. The first-order valence-electron chi connectivity index (χ1n) is 14.6. The maximum Gasteiger partial charge on any atom is 0.306 e. The molecule has 0 bridgehead atoms. The topological polar surface area (TPSA) is 110 Å². The number of quaternary nitrogens is 1. The van der Waals surface area contributed by atoms with E-state index < -0.39 is 5.97 Å². The normalized spacial score (nSPS) is 17.3. The number of methoxy groups -OCH3 is 5. The highest BCUT2D eigenvalue weighted by molar-refractivity contribution is 5.69. The summed E-state index contributed by atoms with van der Waals surface area (Å²) in [5, 5.41) is 8.70. The quantitative estimate of drug-likeness (QED) is 0.121. The number of aliphatic carboxylic acids is 1. The van der Waals surface area contributed by atoms with E-state index in [0.29, 0.717) is 61.0 Å². The third kappa shape index (κ3) is 9.43. The maximum atomic E-state index is 12.3. The second-order valence-corrected chi connectivity index (χ2v) is 10.9. The van der Waals surface area contributed by atoms with Gasteiger partial charge in [-0.05, 0) is 48.2 Å². The van der Waals surface area contributed by atoms with E-state index in [2.05, 4.69) is 19.2 Å². The van der Waals surface area contributed by atoms with Gasteiger partial charge in [-0.2, -0.15) is 0 Å². The number of carbonyl (C=O) groups excluding carboxylic acids is 1. The van der Waals surface area contributed by atoms with Crippen molar-refractivity contribution < 1.29 is 60.0 Å². The van der Waals surface area contributed by atoms with Crippen LogP contribution in [0.1, 0.15) is 54.8 Å². The molecule has 0 aromatic heterocycles. The van der Waals surface area contributed by atoms with E-state index in [0.717, 1.165) is 29.6 Å². The number of allylic oxidation sites excluding steroid dienone is 2. The lowest BCUT2D eigenvalue weighted by Crippen LogP contribution is -3.00. The van der Waals surface area contributed by atoms with Crippen molar-refractivity contribution in [2.45, 2.75) is 51.0 Å². The largest absolute Gasteiger partial charge is 1.00 e. The highest BCUT2D eigenvalue weighted by Crippen LogP contribution is 2.44. The van der Waals surface area contributed by atoms with Crippen LogP contribution in [0.5, 0.6) is 28.7 Å². The molecule has 1 unspecified atom stereocenters. The fraction of sp³-hybridized carbons (Fsp3) is 0.515. The van der Waals surface area contributed by atoms with Gasteiger partial charge in [0.05, 0.1) is 62.3 Å². The molecule has 1 heterocycles. The number of benzene rings is 2. The number of fused-ring (bicyclic) bond motifs is 1. The predicted molar refractivity (Wildman–Crippen MR) is 163 cm³/mol. The molecule has 0 spiro atoms. The van der Waals surface area contributed by atoms with Crippen molar-refractivity contribution in [3.63, 3.8) is 0 Å². The molecular formula is C33H46ClNO9. The van der Waals surface area contributed by atoms with Crippen LogP contribution >= 0.6 is 0 Å². The summed E-state index contributed by atoms with van der Waals surface area (Å²) in [4.78, 5) is 22.9. The Balaban J connectivity index is 0.00000675. The van der Waals surface area contributed by atoms with Crippen molar-refractivity contribution in [2.24, 2.45) is 0 Å². The van der Waals surface area contributed by atoms with E-state index >= 15 is 0 Å². The van der Waals surface area contributed by atoms with E-state index in [1.165, 1.54) is 11.1 Å². The van der Waals surface area contributed by atoms with Crippen molar-refractivity contribution in [1.82, 2.24) is 0 Å². The molecule has 2 aromatic rings. The SMILES string of the molecule is COc1cc2c(cc1OC)[C@@H](Cc1cc(OC)c(OC)c(OC)c1)[N+](C)(CCCOC(=O)CC/C=C/CCC(=O)O)CC2.[Cl-]. The van der Waals surface area contributed by atoms with Crippen LogP contribution in [0.15, 0.2) is 36.4 Å². The molecule has 0 radical (unpaired) electrons. The van der Waals surface area contributed by atoms with Crippen LogP contribution in [-0.4, -0.2) is 83.8 Å². The number of likely N-dealkylation sites (N-methyl/N-ethyl adjacent to an activating group) is 1. The zero-order chi connectivity index (χ0) is 31.4. The number of hydrogen-bond acceptors (Lipinski definition) is 8. The smallest absolute Gasteiger partial charge is 0.306 e. The minimum Gasteiger partial charge on any atom is -1.00 e. The molecule has 10 nitrogen and oxygen atoms in total. The van der Waals surface area contributed by atoms with E-state index in [-0.39, 0.29) is 37.3 Å². The summed E-state index contributed by atoms with van der Waals surface area (Å²) in [5.74, 6) is 2.10. The minimum atomic E-state index is -0.831. The first-order valence-corrected chi connectivity index (χ1v) is 14.6. The number of ether oxygens (including phenoxy) is 6. The average Bonchev–Trinajstić information content (AvgIpc) is 3.01. The first-order chi connectivity index (χ1) is 20.7. The Morgan fingerprint density at radius 3 is 2.02 bits per heavy atom. The Labute approximate surface area is 266 Å². The van der Waals surface area contributed by atoms with Crippen LogP contribution in [0.25, 0.3) is 0 Å². The Hall–Kier alpha value is -3.63. The summed E-state index contributed by atoms with van der Waals surface area (Å²) in [6, 6.07) is 8.25. The summed E-state index contributed by atoms with van der Waals surface area (Å²) in [7, 11) is 10.4. The third-order valence-electron chi connectivity index (χ3n) is 8.09. The molecule has 0 amide bonds. The van der Waals surface area contributed by atoms with Crippen LogP contribution in [0.4, 0.5) is 0 Å². The van der Waals surface area contributed by atoms with Crippen LogP contribution in [0.2, 0.25) is 0 Å². The van der Waals surface area contributed by atoms with Crippen LogP contribution in [0, 0.1) is 0 Å². The van der Waals surface area contributed by atoms with E-state index in [1.807, 2.05) is 18.2 Å². The van der Waals surface area contributed by atoms with Crippen molar-refractivity contribution in [1.29, 1.82) is 0 Å². The summed E-state index contributed by atoms with van der Waals surface area (Å²) in [6.45, 7) is 2.06. The highest BCUT2D eigenvalue weighted by atomic mass is 35.5. The van der Waals surface area contributed by atoms with Gasteiger partial charge >= 0.3 is 11.9 Å². The fourth-order valence-corrected chi connectivity index (χ4v) is 5.73. The molecule has 1 N–H and O–H groups in total. The molecule has 2 atom stereocenters. The van der Waals surface area contributed by atoms with Gasteiger partial charge in [-0.15, -0.1) is 0 Å². The number of rotatable bonds is 17. The molecule has 244 valence electrons. The summed E-state index contributed by atoms with van der Waals surface area (Å²) in [6.07, 6.45) is 7.28. The number of hydrogen-bond donors (Lipinski definition) is 1. The Morgan fingerprint density at radius 2 is 1.45 bits per heavy atom. The van der Waals surface area contributed by atoms with Gasteiger partial charge in [0, 0.05) is 37.7 Å². The number of carboxylic acid groups (broad SMARTS) is 1. The lowest BCUT2D eigenvalue weighted by Gasteiger charge is -2.46. The molecule has 2 aromatic carbocycles. The third-order valence-corrected chi connectivity index (χ3v) is 8.09. The van der Waals surface area contributed by atoms with Gasteiger partial charge in [-0.1, -0.05) is 12.2 Å². The number of carboxylic acids is 1. The van der Waals surface area contributed by atoms with Gasteiger partial charge in [0.15, 0.2) is 23.0 Å². The molecular weight excluding hydrogens is 590 g/mol. The second kappa shape index (κ2) is 17.6. The minimum absolute atomic E-state index is 0. The van der Waals surface area contributed by atoms with Crippen molar-refractivity contribution in [2.75, 3.05) is 62.3 Å². The highest BCUT2D eigenvalue weighted by Gasteiger charge is 2.40. The average molecular weight is 636 g/mol. The van der Waals surface area contributed by atoms with Crippen LogP contribution in [-0.2, 0) is 27.2 Å². The zero-order valence-corrected chi connectivity index (χ0v) is 27.4.